The van der Waals surface area contributed by atoms with Crippen LogP contribution in [0.5, 0.6) is 0 Å². The van der Waals surface area contributed by atoms with Crippen molar-refractivity contribution in [1.82, 2.24) is 0 Å². The van der Waals surface area contributed by atoms with Crippen LogP contribution in [0, 0.1) is 34.6 Å². The number of rotatable bonds is 2. The average molecular weight is 338 g/mol. The van der Waals surface area contributed by atoms with E-state index in [9.17, 15) is 0 Å². The molecule has 2 aromatic rings. The molecule has 0 aliphatic heterocycles. The summed E-state index contributed by atoms with van der Waals surface area (Å²) in [5, 5.41) is 2.08. The number of hydrogen-bond donors (Lipinski definition) is 1. The first-order valence-corrected chi connectivity index (χ1v) is 8.08. The molecule has 0 saturated carbocycles. The van der Waals surface area contributed by atoms with Crippen molar-refractivity contribution in [2.24, 2.45) is 5.73 Å². The van der Waals surface area contributed by atoms with Crippen LogP contribution in [0.1, 0.15) is 44.3 Å². The highest BCUT2D eigenvalue weighted by Crippen LogP contribution is 2.37. The lowest BCUT2D eigenvalue weighted by Crippen LogP contribution is -2.16. The first kappa shape index (κ1) is 14.8. The zero-order valence-corrected chi connectivity index (χ0v) is 14.5. The van der Waals surface area contributed by atoms with E-state index in [4.69, 9.17) is 5.73 Å². The summed E-state index contributed by atoms with van der Waals surface area (Å²) in [6, 6.07) is 2.02. The van der Waals surface area contributed by atoms with Gasteiger partial charge in [0, 0.05) is 9.35 Å². The molecule has 0 fully saturated rings. The van der Waals surface area contributed by atoms with Gasteiger partial charge in [-0.3, -0.25) is 0 Å². The number of halogens is 1. The molecule has 102 valence electrons. The van der Waals surface area contributed by atoms with Gasteiger partial charge in [-0.1, -0.05) is 0 Å². The first-order valence-electron chi connectivity index (χ1n) is 6.41. The number of nitrogens with two attached hydrogens (primary N) is 1. The Morgan fingerprint density at radius 2 is 1.42 bits per heavy atom. The summed E-state index contributed by atoms with van der Waals surface area (Å²) in [6.45, 7) is 10.9. The molecule has 3 heteroatoms. The third-order valence-corrected chi connectivity index (χ3v) is 6.25. The van der Waals surface area contributed by atoms with Crippen LogP contribution in [-0.2, 0) is 0 Å². The van der Waals surface area contributed by atoms with E-state index in [1.807, 2.05) is 0 Å². The predicted octanol–water partition coefficient (Wildman–Crippen LogP) is 5.10. The van der Waals surface area contributed by atoms with Crippen LogP contribution in [-0.4, -0.2) is 0 Å². The SMILES string of the molecule is Cc1c(C)c(C)c(C(N)c2sccc2Br)c(C)c1C. The van der Waals surface area contributed by atoms with Crippen LogP contribution in [0.15, 0.2) is 15.9 Å². The molecule has 0 aliphatic rings. The van der Waals surface area contributed by atoms with Crippen LogP contribution >= 0.6 is 27.3 Å². The Kier molecular flexibility index (Phi) is 4.19. The maximum absolute atomic E-state index is 6.53. The number of hydrogen-bond acceptors (Lipinski definition) is 2. The van der Waals surface area contributed by atoms with Crippen LogP contribution in [0.3, 0.4) is 0 Å². The second kappa shape index (κ2) is 5.39. The van der Waals surface area contributed by atoms with Crippen molar-refractivity contribution in [2.45, 2.75) is 40.7 Å². The van der Waals surface area contributed by atoms with E-state index in [1.54, 1.807) is 11.3 Å². The van der Waals surface area contributed by atoms with E-state index < -0.39 is 0 Å². The summed E-state index contributed by atoms with van der Waals surface area (Å²) in [5.74, 6) is 0. The minimum absolute atomic E-state index is 0.0487. The fraction of sp³-hybridized carbons (Fsp3) is 0.375. The van der Waals surface area contributed by atoms with E-state index in [2.05, 4.69) is 62.0 Å². The van der Waals surface area contributed by atoms with Gasteiger partial charge >= 0.3 is 0 Å². The fourth-order valence-electron chi connectivity index (χ4n) is 2.65. The Morgan fingerprint density at radius 3 is 1.84 bits per heavy atom. The van der Waals surface area contributed by atoms with Crippen LogP contribution in [0.4, 0.5) is 0 Å². The molecule has 0 radical (unpaired) electrons. The molecule has 1 heterocycles. The van der Waals surface area contributed by atoms with Crippen molar-refractivity contribution in [2.75, 3.05) is 0 Å². The van der Waals surface area contributed by atoms with E-state index in [1.165, 1.54) is 38.3 Å². The minimum atomic E-state index is -0.0487. The molecule has 0 amide bonds. The summed E-state index contributed by atoms with van der Waals surface area (Å²) >= 11 is 5.31. The normalized spacial score (nSPS) is 12.8. The van der Waals surface area contributed by atoms with Crippen molar-refractivity contribution in [3.8, 4) is 0 Å². The largest absolute Gasteiger partial charge is 0.320 e. The van der Waals surface area contributed by atoms with Gasteiger partial charge in [0.05, 0.1) is 6.04 Å². The topological polar surface area (TPSA) is 26.0 Å². The van der Waals surface area contributed by atoms with Gasteiger partial charge in [0.15, 0.2) is 0 Å². The molecule has 1 aromatic heterocycles. The van der Waals surface area contributed by atoms with Crippen LogP contribution in [0.2, 0.25) is 0 Å². The molecule has 1 unspecified atom stereocenters. The molecule has 0 aliphatic carbocycles. The van der Waals surface area contributed by atoms with Crippen molar-refractivity contribution in [3.05, 3.63) is 54.2 Å². The molecule has 1 aromatic carbocycles. The predicted molar refractivity (Wildman–Crippen MR) is 88.2 cm³/mol. The Morgan fingerprint density at radius 1 is 0.947 bits per heavy atom. The third-order valence-electron chi connectivity index (χ3n) is 4.30. The van der Waals surface area contributed by atoms with E-state index in [0.717, 1.165) is 4.47 Å². The quantitative estimate of drug-likeness (QED) is 0.810. The van der Waals surface area contributed by atoms with Crippen molar-refractivity contribution >= 4 is 27.3 Å². The van der Waals surface area contributed by atoms with E-state index in [-0.39, 0.29) is 6.04 Å². The first-order chi connectivity index (χ1) is 8.86. The molecular formula is C16H20BrNS. The Labute approximate surface area is 128 Å². The highest BCUT2D eigenvalue weighted by molar-refractivity contribution is 9.10. The maximum Gasteiger partial charge on any atom is 0.0662 e. The average Bonchev–Trinajstić information content (AvgIpc) is 2.80. The van der Waals surface area contributed by atoms with Gasteiger partial charge in [-0.2, -0.15) is 0 Å². The number of thiophene rings is 1. The summed E-state index contributed by atoms with van der Waals surface area (Å²) in [6.07, 6.45) is 0. The van der Waals surface area contributed by atoms with Gasteiger partial charge in [-0.05, 0) is 95.4 Å². The van der Waals surface area contributed by atoms with Crippen molar-refractivity contribution < 1.29 is 0 Å². The summed E-state index contributed by atoms with van der Waals surface area (Å²) in [7, 11) is 0. The highest BCUT2D eigenvalue weighted by atomic mass is 79.9. The molecular weight excluding hydrogens is 318 g/mol. The Balaban J connectivity index is 2.67. The van der Waals surface area contributed by atoms with Crippen molar-refractivity contribution in [3.63, 3.8) is 0 Å². The zero-order chi connectivity index (χ0) is 14.3. The van der Waals surface area contributed by atoms with Crippen LogP contribution in [0.25, 0.3) is 0 Å². The zero-order valence-electron chi connectivity index (χ0n) is 12.1. The summed E-state index contributed by atoms with van der Waals surface area (Å²) < 4.78 is 1.11. The molecule has 0 bridgehead atoms. The molecule has 2 N–H and O–H groups in total. The second-order valence-corrected chi connectivity index (χ2v) is 6.95. The molecule has 1 nitrogen and oxygen atoms in total. The lowest BCUT2D eigenvalue weighted by atomic mass is 9.86. The Hall–Kier alpha value is -0.640. The van der Waals surface area contributed by atoms with Gasteiger partial charge in [-0.15, -0.1) is 11.3 Å². The monoisotopic (exact) mass is 337 g/mol. The molecule has 0 saturated heterocycles. The van der Waals surface area contributed by atoms with Gasteiger partial charge in [0.2, 0.25) is 0 Å². The van der Waals surface area contributed by atoms with Crippen molar-refractivity contribution in [1.29, 1.82) is 0 Å². The van der Waals surface area contributed by atoms with Gasteiger partial charge < -0.3 is 5.73 Å². The van der Waals surface area contributed by atoms with Gasteiger partial charge in [0.1, 0.15) is 0 Å². The lowest BCUT2D eigenvalue weighted by molar-refractivity contribution is 0.857. The molecule has 19 heavy (non-hydrogen) atoms. The second-order valence-electron chi connectivity index (χ2n) is 5.15. The summed E-state index contributed by atoms with van der Waals surface area (Å²) in [5.41, 5.74) is 14.6. The third kappa shape index (κ3) is 2.39. The fourth-order valence-corrected chi connectivity index (χ4v) is 4.28. The Bertz CT molecular complexity index is 599. The molecule has 1 atom stereocenters. The maximum atomic E-state index is 6.53. The minimum Gasteiger partial charge on any atom is -0.320 e. The van der Waals surface area contributed by atoms with E-state index in [0.29, 0.717) is 0 Å². The summed E-state index contributed by atoms with van der Waals surface area (Å²) in [4.78, 5) is 1.20. The standard InChI is InChI=1S/C16H20BrNS/c1-8-9(2)11(4)14(12(5)10(8)3)15(18)16-13(17)6-7-19-16/h6-7,15H,18H2,1-5H3. The lowest BCUT2D eigenvalue weighted by Gasteiger charge is -2.23. The van der Waals surface area contributed by atoms with E-state index >= 15 is 0 Å². The smallest absolute Gasteiger partial charge is 0.0662 e. The highest BCUT2D eigenvalue weighted by Gasteiger charge is 2.21. The van der Waals surface area contributed by atoms with Gasteiger partial charge in [-0.25, -0.2) is 0 Å². The molecule has 0 spiro atoms. The van der Waals surface area contributed by atoms with Gasteiger partial charge in [0.25, 0.3) is 0 Å². The number of benzene rings is 1. The molecule has 2 rings (SSSR count). The van der Waals surface area contributed by atoms with Crippen LogP contribution < -0.4 is 5.73 Å².